The molecule has 0 aromatic rings. The SMILES string of the molecule is CC/C=C\C/C=C\C/C=C\C/C=C\C/C=C\CCCCCCCCCCCCCCCC(=O)OC(CO)COC(=O)CCCCCCCCCCC/C=C\C/C=C\CCCCC. The number of aliphatic hydroxyl groups is 1. The van der Waals surface area contributed by atoms with E-state index in [-0.39, 0.29) is 25.2 Å². The van der Waals surface area contributed by atoms with Gasteiger partial charge in [0.1, 0.15) is 6.61 Å². The van der Waals surface area contributed by atoms with E-state index in [1.807, 2.05) is 0 Å². The van der Waals surface area contributed by atoms with Crippen LogP contribution in [0.3, 0.4) is 0 Å². The molecule has 0 fully saturated rings. The fraction of sp³-hybridized carbons (Fsp3) is 0.719. The quantitative estimate of drug-likeness (QED) is 0.0375. The number of unbranched alkanes of at least 4 members (excludes halogenated alkanes) is 25. The van der Waals surface area contributed by atoms with Crippen LogP contribution in [0.1, 0.15) is 245 Å². The summed E-state index contributed by atoms with van der Waals surface area (Å²) in [6, 6.07) is 0. The maximum Gasteiger partial charge on any atom is 0.306 e. The summed E-state index contributed by atoms with van der Waals surface area (Å²) in [5.41, 5.74) is 0. The van der Waals surface area contributed by atoms with Gasteiger partial charge < -0.3 is 14.6 Å². The second-order valence-corrected chi connectivity index (χ2v) is 17.2. The van der Waals surface area contributed by atoms with Crippen molar-refractivity contribution in [3.05, 3.63) is 85.1 Å². The van der Waals surface area contributed by atoms with E-state index in [4.69, 9.17) is 9.47 Å². The smallest absolute Gasteiger partial charge is 0.306 e. The Bertz CT molecular complexity index is 1160. The minimum Gasteiger partial charge on any atom is -0.462 e. The van der Waals surface area contributed by atoms with Gasteiger partial charge in [-0.3, -0.25) is 9.59 Å². The zero-order chi connectivity index (χ0) is 44.9. The van der Waals surface area contributed by atoms with Gasteiger partial charge in [0.2, 0.25) is 0 Å². The maximum absolute atomic E-state index is 12.3. The number of hydrogen-bond donors (Lipinski definition) is 1. The minimum absolute atomic E-state index is 0.0706. The van der Waals surface area contributed by atoms with E-state index in [9.17, 15) is 14.7 Å². The highest BCUT2D eigenvalue weighted by molar-refractivity contribution is 5.70. The zero-order valence-corrected chi connectivity index (χ0v) is 40.6. The predicted octanol–water partition coefficient (Wildman–Crippen LogP) is 17.4. The first-order chi connectivity index (χ1) is 30.6. The summed E-state index contributed by atoms with van der Waals surface area (Å²) in [4.78, 5) is 24.5. The first-order valence-electron chi connectivity index (χ1n) is 26.1. The molecule has 0 aromatic carbocycles. The van der Waals surface area contributed by atoms with Crippen molar-refractivity contribution in [2.24, 2.45) is 0 Å². The Morgan fingerprint density at radius 1 is 0.387 bits per heavy atom. The lowest BCUT2D eigenvalue weighted by Gasteiger charge is -2.15. The highest BCUT2D eigenvalue weighted by Gasteiger charge is 2.16. The van der Waals surface area contributed by atoms with Crippen LogP contribution in [0, 0.1) is 0 Å². The second kappa shape index (κ2) is 52.4. The molecule has 0 aliphatic rings. The van der Waals surface area contributed by atoms with Gasteiger partial charge in [0.25, 0.3) is 0 Å². The number of esters is 2. The fourth-order valence-electron chi connectivity index (χ4n) is 7.26. The largest absolute Gasteiger partial charge is 0.462 e. The maximum atomic E-state index is 12.3. The van der Waals surface area contributed by atoms with E-state index in [0.717, 1.165) is 77.0 Å². The molecule has 1 N–H and O–H groups in total. The summed E-state index contributed by atoms with van der Waals surface area (Å²) >= 11 is 0. The van der Waals surface area contributed by atoms with Gasteiger partial charge >= 0.3 is 11.9 Å². The van der Waals surface area contributed by atoms with E-state index in [2.05, 4.69) is 98.9 Å². The van der Waals surface area contributed by atoms with Crippen LogP contribution in [0.25, 0.3) is 0 Å². The first kappa shape index (κ1) is 59.1. The highest BCUT2D eigenvalue weighted by atomic mass is 16.6. The summed E-state index contributed by atoms with van der Waals surface area (Å²) in [7, 11) is 0. The van der Waals surface area contributed by atoms with Crippen molar-refractivity contribution in [3.63, 3.8) is 0 Å². The molecule has 0 radical (unpaired) electrons. The number of ether oxygens (including phenoxy) is 2. The molecular weight excluding hydrogens is 765 g/mol. The third kappa shape index (κ3) is 49.7. The molecule has 5 nitrogen and oxygen atoms in total. The molecule has 0 spiro atoms. The molecule has 0 rings (SSSR count). The van der Waals surface area contributed by atoms with E-state index in [0.29, 0.717) is 12.8 Å². The molecule has 0 amide bonds. The van der Waals surface area contributed by atoms with E-state index >= 15 is 0 Å². The summed E-state index contributed by atoms with van der Waals surface area (Å²) in [5, 5.41) is 9.63. The lowest BCUT2D eigenvalue weighted by Crippen LogP contribution is -2.28. The Balaban J connectivity index is 3.51. The minimum atomic E-state index is -0.778. The molecule has 356 valence electrons. The van der Waals surface area contributed by atoms with Crippen molar-refractivity contribution < 1.29 is 24.2 Å². The summed E-state index contributed by atoms with van der Waals surface area (Å²) in [6.07, 6.45) is 72.5. The third-order valence-electron chi connectivity index (χ3n) is 11.2. The zero-order valence-electron chi connectivity index (χ0n) is 40.6. The Hall–Kier alpha value is -2.92. The number of hydrogen-bond acceptors (Lipinski definition) is 5. The molecule has 0 bridgehead atoms. The number of rotatable bonds is 47. The molecule has 5 heteroatoms. The summed E-state index contributed by atoms with van der Waals surface area (Å²) < 4.78 is 10.7. The lowest BCUT2D eigenvalue weighted by atomic mass is 10.0. The van der Waals surface area contributed by atoms with Gasteiger partial charge in [0.15, 0.2) is 6.10 Å². The molecule has 0 aliphatic carbocycles. The normalized spacial score (nSPS) is 12.9. The van der Waals surface area contributed by atoms with Crippen LogP contribution in [-0.2, 0) is 19.1 Å². The average molecular weight is 863 g/mol. The van der Waals surface area contributed by atoms with Crippen LogP contribution in [-0.4, -0.2) is 36.4 Å². The van der Waals surface area contributed by atoms with Crippen LogP contribution in [0.2, 0.25) is 0 Å². The van der Waals surface area contributed by atoms with Gasteiger partial charge in [-0.25, -0.2) is 0 Å². The van der Waals surface area contributed by atoms with Crippen LogP contribution in [0.5, 0.6) is 0 Å². The van der Waals surface area contributed by atoms with Crippen molar-refractivity contribution >= 4 is 11.9 Å². The van der Waals surface area contributed by atoms with Gasteiger partial charge in [-0.05, 0) is 89.9 Å². The Morgan fingerprint density at radius 2 is 0.694 bits per heavy atom. The van der Waals surface area contributed by atoms with Crippen LogP contribution >= 0.6 is 0 Å². The molecule has 0 aliphatic heterocycles. The molecule has 62 heavy (non-hydrogen) atoms. The fourth-order valence-corrected chi connectivity index (χ4v) is 7.26. The lowest BCUT2D eigenvalue weighted by molar-refractivity contribution is -0.161. The number of allylic oxidation sites excluding steroid dienone is 14. The monoisotopic (exact) mass is 863 g/mol. The Labute approximate surface area is 384 Å². The van der Waals surface area contributed by atoms with Gasteiger partial charge in [0.05, 0.1) is 6.61 Å². The van der Waals surface area contributed by atoms with Crippen LogP contribution < -0.4 is 0 Å². The number of aliphatic hydroxyl groups excluding tert-OH is 1. The topological polar surface area (TPSA) is 72.8 Å². The second-order valence-electron chi connectivity index (χ2n) is 17.2. The molecule has 0 aromatic heterocycles. The summed E-state index contributed by atoms with van der Waals surface area (Å²) in [5.74, 6) is -0.595. The average Bonchev–Trinajstić information content (AvgIpc) is 3.28. The first-order valence-corrected chi connectivity index (χ1v) is 26.1. The van der Waals surface area contributed by atoms with Crippen molar-refractivity contribution in [2.45, 2.75) is 251 Å². The molecule has 1 unspecified atom stereocenters. The van der Waals surface area contributed by atoms with Crippen molar-refractivity contribution in [1.82, 2.24) is 0 Å². The Morgan fingerprint density at radius 3 is 1.05 bits per heavy atom. The van der Waals surface area contributed by atoms with Crippen LogP contribution in [0.4, 0.5) is 0 Å². The number of carbonyl (C=O) groups excluding carboxylic acids is 2. The standard InChI is InChI=1S/C57H98O5/c1-3-5-7-9-11-13-15-17-19-21-23-24-25-26-27-28-29-30-31-32-34-36-38-40-42-44-46-48-50-52-57(60)62-55(53-58)54-61-56(59)51-49-47-45-43-41-39-37-35-33-22-20-18-16-14-12-10-8-6-4-2/h5,7,11-14,17-20,23-24,26-27,55,58H,3-4,6,8-10,15-16,21-22,25,28-54H2,1-2H3/b7-5-,13-11-,14-12-,19-17-,20-18-,24-23-,27-26-. The van der Waals surface area contributed by atoms with E-state index in [1.54, 1.807) is 0 Å². The molecule has 0 saturated carbocycles. The van der Waals surface area contributed by atoms with Crippen molar-refractivity contribution in [3.8, 4) is 0 Å². The highest BCUT2D eigenvalue weighted by Crippen LogP contribution is 2.15. The molecule has 0 heterocycles. The van der Waals surface area contributed by atoms with Gasteiger partial charge in [0, 0.05) is 12.8 Å². The van der Waals surface area contributed by atoms with Crippen molar-refractivity contribution in [2.75, 3.05) is 13.2 Å². The van der Waals surface area contributed by atoms with Crippen LogP contribution in [0.15, 0.2) is 85.1 Å². The third-order valence-corrected chi connectivity index (χ3v) is 11.2. The molecular formula is C57H98O5. The van der Waals surface area contributed by atoms with E-state index in [1.165, 1.54) is 141 Å². The number of carbonyl (C=O) groups is 2. The molecule has 1 atom stereocenters. The van der Waals surface area contributed by atoms with Gasteiger partial charge in [-0.2, -0.15) is 0 Å². The van der Waals surface area contributed by atoms with Gasteiger partial charge in [-0.1, -0.05) is 227 Å². The Kier molecular flexibility index (Phi) is 50.0. The predicted molar refractivity (Wildman–Crippen MR) is 269 cm³/mol. The van der Waals surface area contributed by atoms with E-state index < -0.39 is 6.10 Å². The molecule has 0 saturated heterocycles. The van der Waals surface area contributed by atoms with Gasteiger partial charge in [-0.15, -0.1) is 0 Å². The van der Waals surface area contributed by atoms with Crippen molar-refractivity contribution in [1.29, 1.82) is 0 Å². The summed E-state index contributed by atoms with van der Waals surface area (Å²) in [6.45, 7) is 4.01.